The molecule has 2 aromatic rings. The second-order valence-corrected chi connectivity index (χ2v) is 6.40. The molecule has 100 valence electrons. The van der Waals surface area contributed by atoms with Crippen molar-refractivity contribution in [3.63, 3.8) is 0 Å². The van der Waals surface area contributed by atoms with E-state index in [0.29, 0.717) is 11.3 Å². The highest BCUT2D eigenvalue weighted by molar-refractivity contribution is 6.17. The lowest BCUT2D eigenvalue weighted by Gasteiger charge is -2.23. The Morgan fingerprint density at radius 1 is 1.32 bits per heavy atom. The molecular weight excluding hydrogens is 256 g/mol. The Kier molecular flexibility index (Phi) is 3.14. The number of aromatic nitrogens is 1. The van der Waals surface area contributed by atoms with Gasteiger partial charge < -0.3 is 4.90 Å². The smallest absolute Gasteiger partial charge is 0.133 e. The predicted molar refractivity (Wildman–Crippen MR) is 81.9 cm³/mol. The van der Waals surface area contributed by atoms with Crippen LogP contribution in [0.4, 0.5) is 5.82 Å². The molecule has 0 radical (unpaired) electrons. The fourth-order valence-electron chi connectivity index (χ4n) is 2.81. The topological polar surface area (TPSA) is 16.1 Å². The SMILES string of the molecule is CC1(C)CCN(c2nc3ccccc3cc2CCl)C1. The highest BCUT2D eigenvalue weighted by Crippen LogP contribution is 2.34. The molecule has 1 fully saturated rings. The second kappa shape index (κ2) is 4.68. The van der Waals surface area contributed by atoms with Gasteiger partial charge in [-0.05, 0) is 24.0 Å². The fourth-order valence-corrected chi connectivity index (χ4v) is 3.01. The van der Waals surface area contributed by atoms with Crippen LogP contribution in [0.3, 0.4) is 0 Å². The number of halogens is 1. The van der Waals surface area contributed by atoms with Gasteiger partial charge in [0.25, 0.3) is 0 Å². The summed E-state index contributed by atoms with van der Waals surface area (Å²) in [4.78, 5) is 7.21. The van der Waals surface area contributed by atoms with Crippen LogP contribution in [-0.4, -0.2) is 18.1 Å². The van der Waals surface area contributed by atoms with Crippen LogP contribution in [0.2, 0.25) is 0 Å². The normalized spacial score (nSPS) is 18.2. The van der Waals surface area contributed by atoms with Gasteiger partial charge in [0, 0.05) is 24.0 Å². The third-order valence-electron chi connectivity index (χ3n) is 3.90. The zero-order valence-electron chi connectivity index (χ0n) is 11.5. The number of rotatable bonds is 2. The molecule has 0 amide bonds. The lowest BCUT2D eigenvalue weighted by atomic mass is 9.93. The number of para-hydroxylation sites is 1. The molecule has 2 nitrogen and oxygen atoms in total. The van der Waals surface area contributed by atoms with E-state index in [9.17, 15) is 0 Å². The zero-order valence-corrected chi connectivity index (χ0v) is 12.2. The van der Waals surface area contributed by atoms with Crippen molar-refractivity contribution in [1.82, 2.24) is 4.98 Å². The number of benzene rings is 1. The fraction of sp³-hybridized carbons (Fsp3) is 0.438. The quantitative estimate of drug-likeness (QED) is 0.763. The maximum absolute atomic E-state index is 6.12. The van der Waals surface area contributed by atoms with Gasteiger partial charge in [0.15, 0.2) is 0 Å². The van der Waals surface area contributed by atoms with Gasteiger partial charge in [0.05, 0.1) is 11.4 Å². The summed E-state index contributed by atoms with van der Waals surface area (Å²) in [7, 11) is 0. The van der Waals surface area contributed by atoms with E-state index in [0.717, 1.165) is 30.0 Å². The van der Waals surface area contributed by atoms with Gasteiger partial charge in [-0.2, -0.15) is 0 Å². The number of pyridine rings is 1. The number of fused-ring (bicyclic) bond motifs is 1. The van der Waals surface area contributed by atoms with Crippen LogP contribution in [0, 0.1) is 5.41 Å². The van der Waals surface area contributed by atoms with E-state index in [1.807, 2.05) is 12.1 Å². The van der Waals surface area contributed by atoms with Crippen molar-refractivity contribution < 1.29 is 0 Å². The van der Waals surface area contributed by atoms with Crippen molar-refractivity contribution in [3.8, 4) is 0 Å². The van der Waals surface area contributed by atoms with Gasteiger partial charge in [-0.1, -0.05) is 32.0 Å². The Labute approximate surface area is 119 Å². The first-order chi connectivity index (χ1) is 9.09. The molecule has 1 aliphatic rings. The maximum Gasteiger partial charge on any atom is 0.133 e. The van der Waals surface area contributed by atoms with E-state index in [2.05, 4.69) is 36.9 Å². The summed E-state index contributed by atoms with van der Waals surface area (Å²) in [5.74, 6) is 1.59. The van der Waals surface area contributed by atoms with Crippen LogP contribution in [0.15, 0.2) is 30.3 Å². The van der Waals surface area contributed by atoms with Gasteiger partial charge in [-0.3, -0.25) is 0 Å². The molecule has 2 heterocycles. The summed E-state index contributed by atoms with van der Waals surface area (Å²) < 4.78 is 0. The second-order valence-electron chi connectivity index (χ2n) is 6.13. The number of hydrogen-bond acceptors (Lipinski definition) is 2. The molecule has 1 saturated heterocycles. The zero-order chi connectivity index (χ0) is 13.5. The van der Waals surface area contributed by atoms with E-state index < -0.39 is 0 Å². The van der Waals surface area contributed by atoms with E-state index in [-0.39, 0.29) is 0 Å². The van der Waals surface area contributed by atoms with Crippen molar-refractivity contribution in [2.45, 2.75) is 26.1 Å². The average Bonchev–Trinajstić information content (AvgIpc) is 2.77. The number of nitrogens with zero attached hydrogens (tertiary/aromatic N) is 2. The minimum Gasteiger partial charge on any atom is -0.356 e. The van der Waals surface area contributed by atoms with Crippen LogP contribution < -0.4 is 4.90 Å². The minimum atomic E-state index is 0.372. The van der Waals surface area contributed by atoms with Crippen molar-refractivity contribution >= 4 is 28.3 Å². The highest BCUT2D eigenvalue weighted by Gasteiger charge is 2.31. The van der Waals surface area contributed by atoms with Gasteiger partial charge in [0.2, 0.25) is 0 Å². The molecule has 3 rings (SSSR count). The predicted octanol–water partition coefficient (Wildman–Crippen LogP) is 4.21. The largest absolute Gasteiger partial charge is 0.356 e. The van der Waals surface area contributed by atoms with Crippen LogP contribution in [-0.2, 0) is 5.88 Å². The third-order valence-corrected chi connectivity index (χ3v) is 4.19. The standard InChI is InChI=1S/C16H19ClN2/c1-16(2)7-8-19(11-16)15-13(10-17)9-12-5-3-4-6-14(12)18-15/h3-6,9H,7-8,10-11H2,1-2H3. The molecule has 0 aliphatic carbocycles. The molecule has 1 aromatic carbocycles. The third kappa shape index (κ3) is 2.42. The summed E-state index contributed by atoms with van der Waals surface area (Å²) in [6, 6.07) is 10.4. The Balaban J connectivity index is 2.07. The Hall–Kier alpha value is -1.28. The number of anilines is 1. The Morgan fingerprint density at radius 2 is 2.11 bits per heavy atom. The molecule has 1 aliphatic heterocycles. The first-order valence-electron chi connectivity index (χ1n) is 6.79. The first-order valence-corrected chi connectivity index (χ1v) is 7.32. The van der Waals surface area contributed by atoms with Crippen LogP contribution in [0.1, 0.15) is 25.8 Å². The van der Waals surface area contributed by atoms with E-state index in [1.54, 1.807) is 0 Å². The Morgan fingerprint density at radius 3 is 2.79 bits per heavy atom. The lowest BCUT2D eigenvalue weighted by molar-refractivity contribution is 0.418. The molecule has 0 bridgehead atoms. The molecule has 1 aromatic heterocycles. The van der Waals surface area contributed by atoms with E-state index in [4.69, 9.17) is 16.6 Å². The summed E-state index contributed by atoms with van der Waals surface area (Å²) in [5.41, 5.74) is 2.56. The molecule has 19 heavy (non-hydrogen) atoms. The average molecular weight is 275 g/mol. The van der Waals surface area contributed by atoms with Crippen molar-refractivity contribution in [2.24, 2.45) is 5.41 Å². The number of hydrogen-bond donors (Lipinski definition) is 0. The van der Waals surface area contributed by atoms with Gasteiger partial charge >= 0.3 is 0 Å². The van der Waals surface area contributed by atoms with Crippen molar-refractivity contribution in [1.29, 1.82) is 0 Å². The highest BCUT2D eigenvalue weighted by atomic mass is 35.5. The van der Waals surface area contributed by atoms with Gasteiger partial charge in [0.1, 0.15) is 5.82 Å². The molecular formula is C16H19ClN2. The molecule has 0 N–H and O–H groups in total. The summed E-state index contributed by atoms with van der Waals surface area (Å²) >= 11 is 6.12. The van der Waals surface area contributed by atoms with Crippen molar-refractivity contribution in [2.75, 3.05) is 18.0 Å². The Bertz CT molecular complexity index is 607. The minimum absolute atomic E-state index is 0.372. The lowest BCUT2D eigenvalue weighted by Crippen LogP contribution is -2.24. The first kappa shape index (κ1) is 12.7. The maximum atomic E-state index is 6.12. The van der Waals surface area contributed by atoms with Crippen LogP contribution in [0.25, 0.3) is 10.9 Å². The van der Waals surface area contributed by atoms with Crippen molar-refractivity contribution in [3.05, 3.63) is 35.9 Å². The van der Waals surface area contributed by atoms with Crippen LogP contribution >= 0.6 is 11.6 Å². The van der Waals surface area contributed by atoms with Gasteiger partial charge in [-0.25, -0.2) is 4.98 Å². The molecule has 0 atom stereocenters. The monoisotopic (exact) mass is 274 g/mol. The summed E-state index contributed by atoms with van der Waals surface area (Å²) in [6.45, 7) is 6.76. The summed E-state index contributed by atoms with van der Waals surface area (Å²) in [5, 5.41) is 1.17. The van der Waals surface area contributed by atoms with E-state index >= 15 is 0 Å². The number of alkyl halides is 1. The van der Waals surface area contributed by atoms with Crippen LogP contribution in [0.5, 0.6) is 0 Å². The van der Waals surface area contributed by atoms with E-state index in [1.165, 1.54) is 11.8 Å². The molecule has 0 unspecified atom stereocenters. The molecule has 3 heteroatoms. The molecule has 0 saturated carbocycles. The molecule has 0 spiro atoms. The summed E-state index contributed by atoms with van der Waals surface area (Å²) in [6.07, 6.45) is 1.21. The van der Waals surface area contributed by atoms with Gasteiger partial charge in [-0.15, -0.1) is 11.6 Å².